The van der Waals surface area contributed by atoms with Gasteiger partial charge in [-0.3, -0.25) is 4.79 Å². The highest BCUT2D eigenvalue weighted by Gasteiger charge is 2.26. The molecule has 0 N–H and O–H groups in total. The number of benzene rings is 2. The van der Waals surface area contributed by atoms with Gasteiger partial charge in [-0.15, -0.1) is 10.2 Å². The molecular formula is C22H24N4O4S2. The van der Waals surface area contributed by atoms with Crippen LogP contribution in [0.25, 0.3) is 11.5 Å². The molecule has 1 saturated heterocycles. The third kappa shape index (κ3) is 5.03. The summed E-state index contributed by atoms with van der Waals surface area (Å²) < 4.78 is 33.1. The number of hydrogen-bond donors (Lipinski definition) is 0. The summed E-state index contributed by atoms with van der Waals surface area (Å²) in [7, 11) is -1.84. The molecule has 0 radical (unpaired) electrons. The minimum atomic E-state index is -3.55. The van der Waals surface area contributed by atoms with E-state index in [1.54, 1.807) is 36.2 Å². The standard InChI is InChI=1S/C22H24N4O4S2/c1-25(18-10-4-2-5-11-18)20(27)16-31-22-24-23-21(30-22)17-9-8-12-19(15-17)32(28,29)26-13-6-3-7-14-26/h2,4-5,8-12,15H,3,6-7,13-14,16H2,1H3. The number of amides is 1. The molecule has 0 spiro atoms. The maximum atomic E-state index is 12.9. The zero-order chi connectivity index (χ0) is 22.6. The topological polar surface area (TPSA) is 96.6 Å². The lowest BCUT2D eigenvalue weighted by atomic mass is 10.2. The number of rotatable bonds is 7. The zero-order valence-electron chi connectivity index (χ0n) is 17.7. The summed E-state index contributed by atoms with van der Waals surface area (Å²) >= 11 is 1.14. The first-order chi connectivity index (χ1) is 15.4. The van der Waals surface area contributed by atoms with Crippen LogP contribution in [-0.4, -0.2) is 54.7 Å². The van der Waals surface area contributed by atoms with Crippen LogP contribution in [0.5, 0.6) is 0 Å². The van der Waals surface area contributed by atoms with Crippen molar-refractivity contribution in [3.05, 3.63) is 54.6 Å². The Morgan fingerprint density at radius 1 is 1.06 bits per heavy atom. The van der Waals surface area contributed by atoms with Crippen LogP contribution >= 0.6 is 11.8 Å². The average molecular weight is 473 g/mol. The van der Waals surface area contributed by atoms with Crippen molar-refractivity contribution < 1.29 is 17.6 Å². The van der Waals surface area contributed by atoms with Gasteiger partial charge in [0.15, 0.2) is 0 Å². The molecule has 2 heterocycles. The molecule has 0 unspecified atom stereocenters. The highest BCUT2D eigenvalue weighted by atomic mass is 32.2. The highest BCUT2D eigenvalue weighted by Crippen LogP contribution is 2.27. The largest absolute Gasteiger partial charge is 0.411 e. The summed E-state index contributed by atoms with van der Waals surface area (Å²) in [6.07, 6.45) is 2.81. The van der Waals surface area contributed by atoms with Gasteiger partial charge in [-0.25, -0.2) is 8.42 Å². The highest BCUT2D eigenvalue weighted by molar-refractivity contribution is 7.99. The Kier molecular flexibility index (Phi) is 6.92. The van der Waals surface area contributed by atoms with Crippen molar-refractivity contribution in [2.75, 3.05) is 30.8 Å². The van der Waals surface area contributed by atoms with E-state index in [-0.39, 0.29) is 27.7 Å². The van der Waals surface area contributed by atoms with E-state index in [2.05, 4.69) is 10.2 Å². The number of sulfonamides is 1. The summed E-state index contributed by atoms with van der Waals surface area (Å²) in [4.78, 5) is 14.2. The van der Waals surface area contributed by atoms with Gasteiger partial charge >= 0.3 is 0 Å². The molecule has 1 aliphatic heterocycles. The van der Waals surface area contributed by atoms with Crippen LogP contribution in [0.15, 0.2) is 69.1 Å². The smallest absolute Gasteiger partial charge is 0.277 e. The first-order valence-electron chi connectivity index (χ1n) is 10.3. The van der Waals surface area contributed by atoms with E-state index in [1.807, 2.05) is 30.3 Å². The molecule has 32 heavy (non-hydrogen) atoms. The van der Waals surface area contributed by atoms with E-state index >= 15 is 0 Å². The second-order valence-corrected chi connectivity index (χ2v) is 10.3. The molecule has 1 amide bonds. The van der Waals surface area contributed by atoms with Crippen molar-refractivity contribution >= 4 is 33.4 Å². The van der Waals surface area contributed by atoms with Crippen LogP contribution in [0, 0.1) is 0 Å². The molecule has 0 saturated carbocycles. The number of carbonyl (C=O) groups excluding carboxylic acids is 1. The predicted molar refractivity (Wildman–Crippen MR) is 123 cm³/mol. The van der Waals surface area contributed by atoms with Crippen LogP contribution in [-0.2, 0) is 14.8 Å². The molecule has 1 aromatic heterocycles. The minimum absolute atomic E-state index is 0.101. The minimum Gasteiger partial charge on any atom is -0.411 e. The lowest BCUT2D eigenvalue weighted by molar-refractivity contribution is -0.115. The lowest BCUT2D eigenvalue weighted by Gasteiger charge is -2.25. The number of nitrogens with zero attached hydrogens (tertiary/aromatic N) is 4. The molecule has 1 fully saturated rings. The molecule has 10 heteroatoms. The summed E-state index contributed by atoms with van der Waals surface area (Å²) in [5.74, 6) is 0.249. The average Bonchev–Trinajstić information content (AvgIpc) is 3.32. The summed E-state index contributed by atoms with van der Waals surface area (Å²) in [6, 6.07) is 15.9. The number of hydrogen-bond acceptors (Lipinski definition) is 7. The number of carbonyl (C=O) groups is 1. The van der Waals surface area contributed by atoms with Crippen molar-refractivity contribution in [2.24, 2.45) is 0 Å². The van der Waals surface area contributed by atoms with Gasteiger partial charge in [0.1, 0.15) is 0 Å². The summed E-state index contributed by atoms with van der Waals surface area (Å²) in [5.41, 5.74) is 1.33. The van der Waals surface area contributed by atoms with Crippen molar-refractivity contribution in [2.45, 2.75) is 29.4 Å². The number of thioether (sulfide) groups is 1. The van der Waals surface area contributed by atoms with Gasteiger partial charge in [0, 0.05) is 31.4 Å². The Morgan fingerprint density at radius 3 is 2.56 bits per heavy atom. The summed E-state index contributed by atoms with van der Waals surface area (Å²) in [5, 5.41) is 8.28. The number of para-hydroxylation sites is 1. The molecule has 4 rings (SSSR count). The Bertz CT molecular complexity index is 1180. The number of anilines is 1. The van der Waals surface area contributed by atoms with Crippen molar-refractivity contribution in [1.82, 2.24) is 14.5 Å². The van der Waals surface area contributed by atoms with Crippen molar-refractivity contribution in [1.29, 1.82) is 0 Å². The third-order valence-corrected chi connectivity index (χ3v) is 7.97. The molecule has 3 aromatic rings. The van der Waals surface area contributed by atoms with Crippen molar-refractivity contribution in [3.8, 4) is 11.5 Å². The molecule has 168 valence electrons. The molecule has 0 aliphatic carbocycles. The van der Waals surface area contributed by atoms with E-state index in [9.17, 15) is 13.2 Å². The molecule has 2 aromatic carbocycles. The summed E-state index contributed by atoms with van der Waals surface area (Å²) in [6.45, 7) is 1.08. The number of piperidine rings is 1. The Balaban J connectivity index is 1.43. The van der Waals surface area contributed by atoms with Gasteiger partial charge in [-0.2, -0.15) is 4.31 Å². The van der Waals surface area contributed by atoms with Crippen LogP contribution in [0.4, 0.5) is 5.69 Å². The van der Waals surface area contributed by atoms with E-state index in [1.165, 1.54) is 4.31 Å². The van der Waals surface area contributed by atoms with E-state index in [0.29, 0.717) is 18.7 Å². The third-order valence-electron chi connectivity index (χ3n) is 5.28. The Labute approximate surface area is 191 Å². The fraction of sp³-hybridized carbons (Fsp3) is 0.318. The second-order valence-electron chi connectivity index (χ2n) is 7.44. The normalized spacial score (nSPS) is 14.9. The first kappa shape index (κ1) is 22.5. The van der Waals surface area contributed by atoms with E-state index in [4.69, 9.17) is 4.42 Å². The van der Waals surface area contributed by atoms with Gasteiger partial charge in [-0.1, -0.05) is 42.4 Å². The Hall–Kier alpha value is -2.69. The monoisotopic (exact) mass is 472 g/mol. The van der Waals surface area contributed by atoms with Gasteiger partial charge in [0.2, 0.25) is 21.8 Å². The molecular weight excluding hydrogens is 448 g/mol. The molecule has 0 bridgehead atoms. The van der Waals surface area contributed by atoms with Crippen LogP contribution < -0.4 is 4.90 Å². The number of aromatic nitrogens is 2. The molecule has 8 nitrogen and oxygen atoms in total. The predicted octanol–water partition coefficient (Wildman–Crippen LogP) is 3.67. The fourth-order valence-corrected chi connectivity index (χ4v) is 5.69. The van der Waals surface area contributed by atoms with Gasteiger partial charge in [-0.05, 0) is 43.2 Å². The fourth-order valence-electron chi connectivity index (χ4n) is 3.44. The van der Waals surface area contributed by atoms with Gasteiger partial charge in [0.25, 0.3) is 5.22 Å². The van der Waals surface area contributed by atoms with Gasteiger partial charge in [0.05, 0.1) is 10.6 Å². The molecule has 0 atom stereocenters. The van der Waals surface area contributed by atoms with E-state index < -0.39 is 10.0 Å². The quantitative estimate of drug-likeness (QED) is 0.484. The van der Waals surface area contributed by atoms with E-state index in [0.717, 1.165) is 36.7 Å². The Morgan fingerprint density at radius 2 is 1.81 bits per heavy atom. The zero-order valence-corrected chi connectivity index (χ0v) is 19.3. The SMILES string of the molecule is CN(C(=O)CSc1nnc(-c2cccc(S(=O)(=O)N3CCCCC3)c2)o1)c1ccccc1. The van der Waals surface area contributed by atoms with Crippen molar-refractivity contribution in [3.63, 3.8) is 0 Å². The lowest BCUT2D eigenvalue weighted by Crippen LogP contribution is -2.35. The van der Waals surface area contributed by atoms with Crippen LogP contribution in [0.2, 0.25) is 0 Å². The van der Waals surface area contributed by atoms with Gasteiger partial charge < -0.3 is 9.32 Å². The first-order valence-corrected chi connectivity index (χ1v) is 12.8. The maximum absolute atomic E-state index is 12.9. The molecule has 1 aliphatic rings. The maximum Gasteiger partial charge on any atom is 0.277 e. The van der Waals surface area contributed by atoms with Crippen LogP contribution in [0.1, 0.15) is 19.3 Å². The van der Waals surface area contributed by atoms with Crippen LogP contribution in [0.3, 0.4) is 0 Å². The second kappa shape index (κ2) is 9.85.